The molecule has 4 unspecified atom stereocenters. The van der Waals surface area contributed by atoms with Gasteiger partial charge < -0.3 is 26.0 Å². The normalized spacial score (nSPS) is 17.7. The summed E-state index contributed by atoms with van der Waals surface area (Å²) in [5.74, 6) is -1.42. The standard InChI is InChI=1S/C31H41ClN4O5/c1-17-11-12-21(19(3)15-17)27(28(38)35-26-18(2)9-8-10-22(26)32)36(24-16-20(24)4)29(39)23(13-14-25(33)37)34-30(40)41-31(5,6)7/h8-12,15,20,23-24,27H,13-14,16H2,1-7H3,(H2,33,37)(H,34,40)(H,35,38). The molecule has 41 heavy (non-hydrogen) atoms. The first kappa shape index (κ1) is 31.9. The van der Waals surface area contributed by atoms with Crippen LogP contribution in [0.2, 0.25) is 5.02 Å². The molecule has 0 spiro atoms. The summed E-state index contributed by atoms with van der Waals surface area (Å²) >= 11 is 6.45. The topological polar surface area (TPSA) is 131 Å². The van der Waals surface area contributed by atoms with Gasteiger partial charge in [-0.2, -0.15) is 0 Å². The number of alkyl carbamates (subject to hydrolysis) is 1. The maximum atomic E-state index is 14.4. The highest BCUT2D eigenvalue weighted by atomic mass is 35.5. The van der Waals surface area contributed by atoms with Crippen molar-refractivity contribution in [3.05, 3.63) is 63.7 Å². The van der Waals surface area contributed by atoms with Crippen molar-refractivity contribution >= 4 is 41.1 Å². The summed E-state index contributed by atoms with van der Waals surface area (Å²) in [6, 6.07) is 8.58. The highest BCUT2D eigenvalue weighted by molar-refractivity contribution is 6.34. The second-order valence-corrected chi connectivity index (χ2v) is 12.3. The van der Waals surface area contributed by atoms with E-state index < -0.39 is 41.5 Å². The van der Waals surface area contributed by atoms with Crippen LogP contribution in [0.5, 0.6) is 0 Å². The van der Waals surface area contributed by atoms with Crippen LogP contribution in [-0.4, -0.2) is 46.4 Å². The van der Waals surface area contributed by atoms with E-state index in [0.717, 1.165) is 16.7 Å². The Morgan fingerprint density at radius 3 is 2.29 bits per heavy atom. The Bertz CT molecular complexity index is 1300. The molecular weight excluding hydrogens is 544 g/mol. The first-order valence-corrected chi connectivity index (χ1v) is 14.2. The number of para-hydroxylation sites is 1. The summed E-state index contributed by atoms with van der Waals surface area (Å²) in [6.07, 6.45) is -0.307. The molecule has 0 heterocycles. The van der Waals surface area contributed by atoms with Gasteiger partial charge in [0.15, 0.2) is 0 Å². The lowest BCUT2D eigenvalue weighted by molar-refractivity contribution is -0.142. The second-order valence-electron chi connectivity index (χ2n) is 11.9. The zero-order valence-corrected chi connectivity index (χ0v) is 25.6. The fraction of sp³-hybridized carbons (Fsp3) is 0.484. The number of benzene rings is 2. The Morgan fingerprint density at radius 1 is 1.10 bits per heavy atom. The molecule has 2 aromatic rings. The number of halogens is 1. The van der Waals surface area contributed by atoms with Crippen LogP contribution >= 0.6 is 11.6 Å². The number of rotatable bonds is 10. The molecule has 4 amide bonds. The Hall–Kier alpha value is -3.59. The second kappa shape index (κ2) is 12.9. The first-order valence-electron chi connectivity index (χ1n) is 13.8. The van der Waals surface area contributed by atoms with Crippen LogP contribution in [0.25, 0.3) is 0 Å². The number of anilines is 1. The van der Waals surface area contributed by atoms with E-state index in [-0.39, 0.29) is 24.8 Å². The SMILES string of the molecule is Cc1ccc(C(C(=O)Nc2c(C)cccc2Cl)N(C(=O)C(CCC(N)=O)NC(=O)OC(C)(C)C)C2CC2C)c(C)c1. The van der Waals surface area contributed by atoms with Gasteiger partial charge in [0.25, 0.3) is 5.91 Å². The van der Waals surface area contributed by atoms with Gasteiger partial charge in [-0.1, -0.05) is 54.4 Å². The van der Waals surface area contributed by atoms with Crippen molar-refractivity contribution < 1.29 is 23.9 Å². The first-order chi connectivity index (χ1) is 19.1. The number of ether oxygens (including phenoxy) is 1. The summed E-state index contributed by atoms with van der Waals surface area (Å²) in [5.41, 5.74) is 8.33. The third-order valence-corrected chi connectivity index (χ3v) is 7.38. The Balaban J connectivity index is 2.09. The zero-order chi connectivity index (χ0) is 30.6. The van der Waals surface area contributed by atoms with E-state index in [0.29, 0.717) is 22.7 Å². The monoisotopic (exact) mass is 584 g/mol. The quantitative estimate of drug-likeness (QED) is 0.347. The number of carbonyl (C=O) groups is 4. The van der Waals surface area contributed by atoms with Gasteiger partial charge in [-0.05, 0) is 83.1 Å². The molecule has 0 bridgehead atoms. The predicted octanol–water partition coefficient (Wildman–Crippen LogP) is 5.34. The van der Waals surface area contributed by atoms with Gasteiger partial charge in [0.2, 0.25) is 11.8 Å². The minimum absolute atomic E-state index is 0.0458. The number of nitrogens with one attached hydrogen (secondary N) is 2. The molecule has 10 heteroatoms. The third kappa shape index (κ3) is 8.45. The van der Waals surface area contributed by atoms with Crippen molar-refractivity contribution in [2.24, 2.45) is 11.7 Å². The van der Waals surface area contributed by atoms with Gasteiger partial charge in [0.1, 0.15) is 17.7 Å². The van der Waals surface area contributed by atoms with Gasteiger partial charge in [-0.15, -0.1) is 0 Å². The largest absolute Gasteiger partial charge is 0.444 e. The van der Waals surface area contributed by atoms with Gasteiger partial charge in [-0.25, -0.2) is 4.79 Å². The van der Waals surface area contributed by atoms with E-state index in [1.165, 1.54) is 0 Å². The van der Waals surface area contributed by atoms with Gasteiger partial charge >= 0.3 is 6.09 Å². The number of carbonyl (C=O) groups excluding carboxylic acids is 4. The number of primary amides is 1. The van der Waals surface area contributed by atoms with Crippen LogP contribution in [0.1, 0.15) is 75.3 Å². The van der Waals surface area contributed by atoms with Crippen molar-refractivity contribution in [2.75, 3.05) is 5.32 Å². The van der Waals surface area contributed by atoms with E-state index in [1.54, 1.807) is 37.8 Å². The number of hydrogen-bond acceptors (Lipinski definition) is 5. The van der Waals surface area contributed by atoms with Crippen LogP contribution in [0, 0.1) is 26.7 Å². The smallest absolute Gasteiger partial charge is 0.408 e. The van der Waals surface area contributed by atoms with E-state index in [9.17, 15) is 19.2 Å². The lowest BCUT2D eigenvalue weighted by atomic mass is 9.95. The average molecular weight is 585 g/mol. The van der Waals surface area contributed by atoms with Crippen molar-refractivity contribution in [3.63, 3.8) is 0 Å². The van der Waals surface area contributed by atoms with E-state index in [1.807, 2.05) is 52.0 Å². The van der Waals surface area contributed by atoms with E-state index in [2.05, 4.69) is 10.6 Å². The molecule has 1 fully saturated rings. The molecule has 1 saturated carbocycles. The summed E-state index contributed by atoms with van der Waals surface area (Å²) in [7, 11) is 0. The summed E-state index contributed by atoms with van der Waals surface area (Å²) in [4.78, 5) is 54.6. The number of aryl methyl sites for hydroxylation is 3. The minimum Gasteiger partial charge on any atom is -0.444 e. The highest BCUT2D eigenvalue weighted by Crippen LogP contribution is 2.42. The Kier molecular flexibility index (Phi) is 10.1. The fourth-order valence-corrected chi connectivity index (χ4v) is 5.15. The highest BCUT2D eigenvalue weighted by Gasteiger charge is 2.48. The van der Waals surface area contributed by atoms with Crippen molar-refractivity contribution in [1.29, 1.82) is 0 Å². The molecule has 0 aromatic heterocycles. The molecule has 1 aliphatic carbocycles. The molecular formula is C31H41ClN4O5. The molecule has 9 nitrogen and oxygen atoms in total. The lowest BCUT2D eigenvalue weighted by Crippen LogP contribution is -2.53. The number of hydrogen-bond donors (Lipinski definition) is 3. The number of nitrogens with zero attached hydrogens (tertiary/aromatic N) is 1. The third-order valence-electron chi connectivity index (χ3n) is 7.06. The van der Waals surface area contributed by atoms with Crippen molar-refractivity contribution in [1.82, 2.24) is 10.2 Å². The zero-order valence-electron chi connectivity index (χ0n) is 24.8. The van der Waals surface area contributed by atoms with Crippen molar-refractivity contribution in [3.8, 4) is 0 Å². The molecule has 4 atom stereocenters. The van der Waals surface area contributed by atoms with Crippen LogP contribution in [0.4, 0.5) is 10.5 Å². The van der Waals surface area contributed by atoms with Gasteiger partial charge in [0, 0.05) is 12.5 Å². The molecule has 0 aliphatic heterocycles. The molecule has 4 N–H and O–H groups in total. The molecule has 0 saturated heterocycles. The molecule has 222 valence electrons. The summed E-state index contributed by atoms with van der Waals surface area (Å²) in [6.45, 7) is 12.8. The van der Waals surface area contributed by atoms with Crippen LogP contribution in [0.3, 0.4) is 0 Å². The van der Waals surface area contributed by atoms with Gasteiger partial charge in [0.05, 0.1) is 10.7 Å². The molecule has 0 radical (unpaired) electrons. The molecule has 1 aliphatic rings. The van der Waals surface area contributed by atoms with Crippen molar-refractivity contribution in [2.45, 2.75) is 91.5 Å². The Labute approximate surface area is 247 Å². The lowest BCUT2D eigenvalue weighted by Gasteiger charge is -2.36. The average Bonchev–Trinajstić information content (AvgIpc) is 3.57. The number of amides is 4. The van der Waals surface area contributed by atoms with Gasteiger partial charge in [-0.3, -0.25) is 14.4 Å². The molecule has 2 aromatic carbocycles. The maximum absolute atomic E-state index is 14.4. The van der Waals surface area contributed by atoms with Crippen LogP contribution < -0.4 is 16.4 Å². The minimum atomic E-state index is -1.15. The fourth-order valence-electron chi connectivity index (χ4n) is 4.88. The summed E-state index contributed by atoms with van der Waals surface area (Å²) in [5, 5.41) is 5.97. The van der Waals surface area contributed by atoms with Crippen LogP contribution in [-0.2, 0) is 19.1 Å². The molecule has 3 rings (SSSR count). The predicted molar refractivity (Wildman–Crippen MR) is 159 cm³/mol. The number of nitrogens with two attached hydrogens (primary N) is 1. The summed E-state index contributed by atoms with van der Waals surface area (Å²) < 4.78 is 5.40. The Morgan fingerprint density at radius 2 is 1.76 bits per heavy atom. The van der Waals surface area contributed by atoms with E-state index in [4.69, 9.17) is 22.1 Å². The van der Waals surface area contributed by atoms with E-state index >= 15 is 0 Å². The van der Waals surface area contributed by atoms with Crippen LogP contribution in [0.15, 0.2) is 36.4 Å². The maximum Gasteiger partial charge on any atom is 0.408 e.